The SMILES string of the molecule is CS(=O)(=O)c1ccc(Nc2ncnc(OC3CCN(C(=O)O)CC3)c2C#N)cc1. The largest absolute Gasteiger partial charge is 0.473 e. The number of hydrogen-bond donors (Lipinski definition) is 2. The van der Waals surface area contributed by atoms with Gasteiger partial charge in [-0.1, -0.05) is 0 Å². The minimum atomic E-state index is -3.30. The molecule has 1 aromatic heterocycles. The lowest BCUT2D eigenvalue weighted by Gasteiger charge is -2.30. The summed E-state index contributed by atoms with van der Waals surface area (Å²) >= 11 is 0. The molecule has 1 aliphatic heterocycles. The average molecular weight is 417 g/mol. The number of hydrogen-bond acceptors (Lipinski definition) is 8. The minimum absolute atomic E-state index is 0.111. The minimum Gasteiger partial charge on any atom is -0.473 e. The molecule has 1 saturated heterocycles. The standard InChI is InChI=1S/C18H19N5O5S/c1-29(26,27)14-4-2-12(3-5-14)22-16-15(10-19)17(21-11-20-16)28-13-6-8-23(9-7-13)18(24)25/h2-5,11,13H,6-9H2,1H3,(H,24,25)(H,20,21,22). The van der Waals surface area contributed by atoms with Gasteiger partial charge in [-0.25, -0.2) is 23.2 Å². The van der Waals surface area contributed by atoms with E-state index in [1.54, 1.807) is 12.1 Å². The highest BCUT2D eigenvalue weighted by Gasteiger charge is 2.25. The van der Waals surface area contributed by atoms with Crippen LogP contribution >= 0.6 is 0 Å². The van der Waals surface area contributed by atoms with Crippen molar-refractivity contribution in [2.45, 2.75) is 23.8 Å². The van der Waals surface area contributed by atoms with Gasteiger partial charge in [0.1, 0.15) is 18.5 Å². The Balaban J connectivity index is 1.75. The number of anilines is 2. The van der Waals surface area contributed by atoms with Crippen LogP contribution in [0, 0.1) is 11.3 Å². The monoisotopic (exact) mass is 417 g/mol. The molecule has 3 rings (SSSR count). The third kappa shape index (κ3) is 4.91. The molecule has 0 bridgehead atoms. The van der Waals surface area contributed by atoms with Crippen LogP contribution in [-0.4, -0.2) is 59.9 Å². The fraction of sp³-hybridized carbons (Fsp3) is 0.333. The summed E-state index contributed by atoms with van der Waals surface area (Å²) in [5.41, 5.74) is 0.661. The maximum atomic E-state index is 11.6. The molecule has 152 valence electrons. The summed E-state index contributed by atoms with van der Waals surface area (Å²) in [5.74, 6) is 0.346. The molecule has 0 atom stereocenters. The Labute approximate surface area is 167 Å². The van der Waals surface area contributed by atoms with Gasteiger partial charge in [-0.2, -0.15) is 5.26 Å². The number of sulfone groups is 1. The van der Waals surface area contributed by atoms with Crippen molar-refractivity contribution in [1.82, 2.24) is 14.9 Å². The Morgan fingerprint density at radius 3 is 2.48 bits per heavy atom. The Bertz CT molecular complexity index is 1040. The first-order chi connectivity index (χ1) is 13.8. The summed E-state index contributed by atoms with van der Waals surface area (Å²) in [4.78, 5) is 20.6. The molecule has 0 aliphatic carbocycles. The van der Waals surface area contributed by atoms with E-state index in [1.165, 1.54) is 23.4 Å². The zero-order valence-electron chi connectivity index (χ0n) is 15.6. The first kappa shape index (κ1) is 20.3. The number of rotatable bonds is 5. The van der Waals surface area contributed by atoms with Crippen LogP contribution < -0.4 is 10.1 Å². The van der Waals surface area contributed by atoms with Crippen LogP contribution in [0.1, 0.15) is 18.4 Å². The van der Waals surface area contributed by atoms with Gasteiger partial charge in [-0.05, 0) is 24.3 Å². The highest BCUT2D eigenvalue weighted by Crippen LogP contribution is 2.27. The normalized spacial score (nSPS) is 14.8. The second-order valence-electron chi connectivity index (χ2n) is 6.52. The number of likely N-dealkylation sites (tertiary alicyclic amines) is 1. The Kier molecular flexibility index (Phi) is 5.84. The predicted molar refractivity (Wildman–Crippen MR) is 103 cm³/mol. The maximum Gasteiger partial charge on any atom is 0.407 e. The van der Waals surface area contributed by atoms with Crippen molar-refractivity contribution in [1.29, 1.82) is 5.26 Å². The molecular weight excluding hydrogens is 398 g/mol. The number of nitrogens with one attached hydrogen (secondary N) is 1. The number of amides is 1. The van der Waals surface area contributed by atoms with Gasteiger partial charge in [0.2, 0.25) is 5.88 Å². The van der Waals surface area contributed by atoms with Gasteiger partial charge in [0, 0.05) is 37.9 Å². The van der Waals surface area contributed by atoms with Gasteiger partial charge < -0.3 is 20.1 Å². The topological polar surface area (TPSA) is 146 Å². The van der Waals surface area contributed by atoms with Gasteiger partial charge in [0.15, 0.2) is 21.2 Å². The van der Waals surface area contributed by atoms with Crippen LogP contribution in [0.3, 0.4) is 0 Å². The number of nitriles is 1. The summed E-state index contributed by atoms with van der Waals surface area (Å²) in [5, 5.41) is 21.5. The van der Waals surface area contributed by atoms with Crippen LogP contribution in [0.4, 0.5) is 16.3 Å². The number of carbonyl (C=O) groups is 1. The molecule has 2 aromatic rings. The first-order valence-electron chi connectivity index (χ1n) is 8.74. The van der Waals surface area contributed by atoms with Gasteiger partial charge >= 0.3 is 6.09 Å². The summed E-state index contributed by atoms with van der Waals surface area (Å²) in [6, 6.07) is 8.08. The van der Waals surface area contributed by atoms with Gasteiger partial charge in [0.25, 0.3) is 0 Å². The number of nitrogens with zero attached hydrogens (tertiary/aromatic N) is 4. The van der Waals surface area contributed by atoms with E-state index < -0.39 is 15.9 Å². The number of ether oxygens (including phenoxy) is 1. The van der Waals surface area contributed by atoms with E-state index in [0.29, 0.717) is 31.6 Å². The van der Waals surface area contributed by atoms with E-state index in [2.05, 4.69) is 15.3 Å². The lowest BCUT2D eigenvalue weighted by molar-refractivity contribution is 0.0869. The first-order valence-corrected chi connectivity index (χ1v) is 10.6. The van der Waals surface area contributed by atoms with Gasteiger partial charge in [0.05, 0.1) is 4.90 Å². The van der Waals surface area contributed by atoms with Crippen LogP contribution in [0.15, 0.2) is 35.5 Å². The molecule has 0 unspecified atom stereocenters. The molecule has 2 heterocycles. The lowest BCUT2D eigenvalue weighted by Crippen LogP contribution is -2.41. The summed E-state index contributed by atoms with van der Waals surface area (Å²) < 4.78 is 29.0. The van der Waals surface area contributed by atoms with Crippen LogP contribution in [0.5, 0.6) is 5.88 Å². The van der Waals surface area contributed by atoms with Crippen molar-refractivity contribution in [3.8, 4) is 11.9 Å². The Hall–Kier alpha value is -3.39. The van der Waals surface area contributed by atoms with E-state index in [1.807, 2.05) is 6.07 Å². The zero-order valence-corrected chi connectivity index (χ0v) is 16.4. The van der Waals surface area contributed by atoms with Crippen LogP contribution in [0.2, 0.25) is 0 Å². The maximum absolute atomic E-state index is 11.6. The number of piperidine rings is 1. The van der Waals surface area contributed by atoms with Crippen molar-refractivity contribution < 1.29 is 23.1 Å². The molecule has 29 heavy (non-hydrogen) atoms. The van der Waals surface area contributed by atoms with Crippen molar-refractivity contribution in [3.05, 3.63) is 36.2 Å². The van der Waals surface area contributed by atoms with Gasteiger partial charge in [-0.15, -0.1) is 0 Å². The van der Waals surface area contributed by atoms with Gasteiger partial charge in [-0.3, -0.25) is 0 Å². The molecule has 0 radical (unpaired) electrons. The Morgan fingerprint density at radius 2 is 1.93 bits per heavy atom. The third-order valence-corrected chi connectivity index (χ3v) is 5.59. The molecule has 0 spiro atoms. The van der Waals surface area contributed by atoms with Crippen LogP contribution in [-0.2, 0) is 9.84 Å². The molecule has 10 nitrogen and oxygen atoms in total. The van der Waals surface area contributed by atoms with E-state index >= 15 is 0 Å². The predicted octanol–water partition coefficient (Wildman–Crippen LogP) is 2.02. The number of carboxylic acid groups (broad SMARTS) is 1. The van der Waals surface area contributed by atoms with E-state index in [4.69, 9.17) is 9.84 Å². The summed E-state index contributed by atoms with van der Waals surface area (Å²) in [7, 11) is -3.30. The lowest BCUT2D eigenvalue weighted by atomic mass is 10.1. The smallest absolute Gasteiger partial charge is 0.407 e. The highest BCUT2D eigenvalue weighted by atomic mass is 32.2. The number of aromatic nitrogens is 2. The van der Waals surface area contributed by atoms with Crippen molar-refractivity contribution in [3.63, 3.8) is 0 Å². The quantitative estimate of drug-likeness (QED) is 0.746. The molecule has 1 amide bonds. The van der Waals surface area contributed by atoms with E-state index in [9.17, 15) is 18.5 Å². The number of benzene rings is 1. The van der Waals surface area contributed by atoms with Crippen molar-refractivity contribution in [2.75, 3.05) is 24.7 Å². The average Bonchev–Trinajstić information content (AvgIpc) is 2.68. The molecule has 1 fully saturated rings. The highest BCUT2D eigenvalue weighted by molar-refractivity contribution is 7.90. The molecule has 0 saturated carbocycles. The fourth-order valence-electron chi connectivity index (χ4n) is 2.90. The summed E-state index contributed by atoms with van der Waals surface area (Å²) in [6.07, 6.45) is 2.16. The second-order valence-corrected chi connectivity index (χ2v) is 8.54. The zero-order chi connectivity index (χ0) is 21.0. The molecule has 1 aliphatic rings. The van der Waals surface area contributed by atoms with E-state index in [0.717, 1.165) is 6.26 Å². The Morgan fingerprint density at radius 1 is 1.28 bits per heavy atom. The second kappa shape index (κ2) is 8.32. The summed E-state index contributed by atoms with van der Waals surface area (Å²) in [6.45, 7) is 0.704. The molecule has 11 heteroatoms. The fourth-order valence-corrected chi connectivity index (χ4v) is 3.53. The van der Waals surface area contributed by atoms with Crippen molar-refractivity contribution >= 4 is 27.4 Å². The van der Waals surface area contributed by atoms with Crippen LogP contribution in [0.25, 0.3) is 0 Å². The van der Waals surface area contributed by atoms with E-state index in [-0.39, 0.29) is 28.3 Å². The molecule has 1 aromatic carbocycles. The molecular formula is C18H19N5O5S. The molecule has 2 N–H and O–H groups in total. The van der Waals surface area contributed by atoms with Crippen molar-refractivity contribution in [2.24, 2.45) is 0 Å². The third-order valence-electron chi connectivity index (χ3n) is 4.46.